The van der Waals surface area contributed by atoms with Gasteiger partial charge in [0.1, 0.15) is 12.1 Å². The van der Waals surface area contributed by atoms with Gasteiger partial charge >= 0.3 is 6.03 Å². The molecule has 28 heavy (non-hydrogen) atoms. The third-order valence-corrected chi connectivity index (χ3v) is 5.21. The van der Waals surface area contributed by atoms with Gasteiger partial charge in [-0.3, -0.25) is 14.5 Å². The maximum Gasteiger partial charge on any atom is 0.325 e. The zero-order valence-electron chi connectivity index (χ0n) is 17.7. The van der Waals surface area contributed by atoms with Gasteiger partial charge < -0.3 is 10.6 Å². The Morgan fingerprint density at radius 1 is 1.11 bits per heavy atom. The minimum Gasteiger partial charge on any atom is -0.325 e. The summed E-state index contributed by atoms with van der Waals surface area (Å²) in [7, 11) is 0. The van der Waals surface area contributed by atoms with E-state index in [1.54, 1.807) is 6.92 Å². The van der Waals surface area contributed by atoms with Crippen LogP contribution in [0.25, 0.3) is 0 Å². The van der Waals surface area contributed by atoms with Crippen molar-refractivity contribution in [3.63, 3.8) is 0 Å². The lowest BCUT2D eigenvalue weighted by Crippen LogP contribution is -2.44. The Morgan fingerprint density at radius 2 is 1.75 bits per heavy atom. The van der Waals surface area contributed by atoms with Gasteiger partial charge in [0, 0.05) is 5.69 Å². The highest BCUT2D eigenvalue weighted by Gasteiger charge is 2.47. The summed E-state index contributed by atoms with van der Waals surface area (Å²) in [6.07, 6.45) is 4.71. The highest BCUT2D eigenvalue weighted by atomic mass is 16.2. The normalized spacial score (nSPS) is 19.7. The zero-order chi connectivity index (χ0) is 20.9. The molecule has 1 atom stereocenters. The van der Waals surface area contributed by atoms with Crippen LogP contribution in [0.3, 0.4) is 0 Å². The molecule has 1 saturated heterocycles. The lowest BCUT2D eigenvalue weighted by Gasteiger charge is -2.21. The van der Waals surface area contributed by atoms with Gasteiger partial charge in [0.15, 0.2) is 0 Å². The average molecular weight is 388 g/mol. The number of anilines is 1. The second-order valence-electron chi connectivity index (χ2n) is 8.84. The van der Waals surface area contributed by atoms with Crippen LogP contribution in [0.15, 0.2) is 24.3 Å². The standard InChI is InChI=1S/C22H33N3O3/c1-6-7-8-9-14-22(5)19(27)25(20(28)24-22)15-18(26)23-17-12-10-16(11-13-17)21(2,3)4/h10-13H,6-9,14-15H2,1-5H3,(H,23,26)(H,24,28). The fourth-order valence-electron chi connectivity index (χ4n) is 3.36. The summed E-state index contributed by atoms with van der Waals surface area (Å²) in [4.78, 5) is 38.3. The Labute approximate surface area is 168 Å². The summed E-state index contributed by atoms with van der Waals surface area (Å²) in [6.45, 7) is 9.95. The summed E-state index contributed by atoms with van der Waals surface area (Å²) >= 11 is 0. The summed E-state index contributed by atoms with van der Waals surface area (Å²) in [5, 5.41) is 5.52. The first-order chi connectivity index (χ1) is 13.1. The monoisotopic (exact) mass is 387 g/mol. The highest BCUT2D eigenvalue weighted by Crippen LogP contribution is 2.25. The van der Waals surface area contributed by atoms with E-state index in [4.69, 9.17) is 0 Å². The van der Waals surface area contributed by atoms with Crippen LogP contribution in [0.5, 0.6) is 0 Å². The van der Waals surface area contributed by atoms with E-state index in [0.29, 0.717) is 12.1 Å². The molecule has 2 N–H and O–H groups in total. The van der Waals surface area contributed by atoms with Crippen molar-refractivity contribution in [2.45, 2.75) is 77.7 Å². The van der Waals surface area contributed by atoms with Crippen LogP contribution in [0, 0.1) is 0 Å². The molecule has 0 saturated carbocycles. The van der Waals surface area contributed by atoms with Crippen LogP contribution in [-0.2, 0) is 15.0 Å². The van der Waals surface area contributed by atoms with Gasteiger partial charge in [-0.2, -0.15) is 0 Å². The first kappa shape index (κ1) is 21.9. The number of hydrogen-bond acceptors (Lipinski definition) is 3. The molecular formula is C22H33N3O3. The minimum atomic E-state index is -0.917. The number of imide groups is 1. The molecule has 0 aliphatic carbocycles. The largest absolute Gasteiger partial charge is 0.325 e. The molecule has 1 aromatic carbocycles. The van der Waals surface area contributed by atoms with Gasteiger partial charge in [-0.25, -0.2) is 4.79 Å². The number of hydrogen-bond donors (Lipinski definition) is 2. The van der Waals surface area contributed by atoms with Gasteiger partial charge in [0.05, 0.1) is 0 Å². The predicted molar refractivity (Wildman–Crippen MR) is 111 cm³/mol. The number of carbonyl (C=O) groups excluding carboxylic acids is 3. The van der Waals surface area contributed by atoms with Crippen LogP contribution >= 0.6 is 0 Å². The van der Waals surface area contributed by atoms with Gasteiger partial charge in [-0.05, 0) is 36.5 Å². The fourth-order valence-corrected chi connectivity index (χ4v) is 3.36. The Bertz CT molecular complexity index is 722. The molecule has 2 rings (SSSR count). The smallest absolute Gasteiger partial charge is 0.325 e. The van der Waals surface area contributed by atoms with E-state index in [0.717, 1.165) is 30.6 Å². The van der Waals surface area contributed by atoms with E-state index in [1.165, 1.54) is 5.56 Å². The lowest BCUT2D eigenvalue weighted by molar-refractivity contribution is -0.133. The molecule has 154 valence electrons. The SMILES string of the molecule is CCCCCCC1(C)NC(=O)N(CC(=O)Nc2ccc(C(C)(C)C)cc2)C1=O. The van der Waals surface area contributed by atoms with Crippen molar-refractivity contribution in [2.24, 2.45) is 0 Å². The number of nitrogens with one attached hydrogen (secondary N) is 2. The molecule has 1 fully saturated rings. The first-order valence-corrected chi connectivity index (χ1v) is 10.1. The third-order valence-electron chi connectivity index (χ3n) is 5.21. The van der Waals surface area contributed by atoms with Gasteiger partial charge in [0.2, 0.25) is 5.91 Å². The van der Waals surface area contributed by atoms with Crippen LogP contribution in [-0.4, -0.2) is 34.8 Å². The zero-order valence-corrected chi connectivity index (χ0v) is 17.7. The molecule has 0 spiro atoms. The van der Waals surface area contributed by atoms with E-state index in [2.05, 4.69) is 38.3 Å². The second-order valence-corrected chi connectivity index (χ2v) is 8.84. The molecule has 6 nitrogen and oxygen atoms in total. The van der Waals surface area contributed by atoms with E-state index in [9.17, 15) is 14.4 Å². The minimum absolute atomic E-state index is 0.0319. The Morgan fingerprint density at radius 3 is 2.32 bits per heavy atom. The molecule has 4 amide bonds. The van der Waals surface area contributed by atoms with Crippen molar-refractivity contribution in [1.82, 2.24) is 10.2 Å². The Balaban J connectivity index is 1.94. The molecular weight excluding hydrogens is 354 g/mol. The van der Waals surface area contributed by atoms with Crippen LogP contribution < -0.4 is 10.6 Å². The molecule has 1 aliphatic heterocycles. The van der Waals surface area contributed by atoms with Crippen LogP contribution in [0.1, 0.15) is 72.3 Å². The number of carbonyl (C=O) groups is 3. The number of rotatable bonds is 8. The summed E-state index contributed by atoms with van der Waals surface area (Å²) in [6, 6.07) is 7.11. The molecule has 0 aromatic heterocycles. The third kappa shape index (κ3) is 5.33. The number of nitrogens with zero attached hydrogens (tertiary/aromatic N) is 1. The number of urea groups is 1. The number of amides is 4. The van der Waals surface area contributed by atoms with E-state index in [1.807, 2.05) is 24.3 Å². The molecule has 0 radical (unpaired) electrons. The lowest BCUT2D eigenvalue weighted by atomic mass is 9.87. The Hall–Kier alpha value is -2.37. The topological polar surface area (TPSA) is 78.5 Å². The van der Waals surface area contributed by atoms with Crippen molar-refractivity contribution in [3.05, 3.63) is 29.8 Å². The maximum atomic E-state index is 12.7. The van der Waals surface area contributed by atoms with Gasteiger partial charge in [-0.15, -0.1) is 0 Å². The van der Waals surface area contributed by atoms with Crippen LogP contribution in [0.4, 0.5) is 10.5 Å². The molecule has 1 heterocycles. The molecule has 1 aliphatic rings. The van der Waals surface area contributed by atoms with Gasteiger partial charge in [-0.1, -0.05) is 65.5 Å². The first-order valence-electron chi connectivity index (χ1n) is 10.1. The molecule has 1 unspecified atom stereocenters. The highest BCUT2D eigenvalue weighted by molar-refractivity contribution is 6.09. The molecule has 6 heteroatoms. The quantitative estimate of drug-likeness (QED) is 0.518. The van der Waals surface area contributed by atoms with E-state index < -0.39 is 11.6 Å². The Kier molecular flexibility index (Phi) is 6.86. The van der Waals surface area contributed by atoms with Crippen molar-refractivity contribution >= 4 is 23.5 Å². The van der Waals surface area contributed by atoms with Crippen LogP contribution in [0.2, 0.25) is 0 Å². The van der Waals surface area contributed by atoms with E-state index >= 15 is 0 Å². The van der Waals surface area contributed by atoms with Crippen molar-refractivity contribution in [2.75, 3.05) is 11.9 Å². The maximum absolute atomic E-state index is 12.7. The summed E-state index contributed by atoms with van der Waals surface area (Å²) in [5.74, 6) is -0.713. The average Bonchev–Trinajstić information content (AvgIpc) is 2.82. The predicted octanol–water partition coefficient (Wildman–Crippen LogP) is 4.20. The van der Waals surface area contributed by atoms with Crippen molar-refractivity contribution < 1.29 is 14.4 Å². The fraction of sp³-hybridized carbons (Fsp3) is 0.591. The second kappa shape index (κ2) is 8.76. The number of unbranched alkanes of at least 4 members (excludes halogenated alkanes) is 3. The number of benzene rings is 1. The van der Waals surface area contributed by atoms with Crippen molar-refractivity contribution in [3.8, 4) is 0 Å². The summed E-state index contributed by atoms with van der Waals surface area (Å²) in [5.41, 5.74) is 0.926. The summed E-state index contributed by atoms with van der Waals surface area (Å²) < 4.78 is 0. The van der Waals surface area contributed by atoms with Crippen molar-refractivity contribution in [1.29, 1.82) is 0 Å². The molecule has 1 aromatic rings. The molecule has 0 bridgehead atoms. The van der Waals surface area contributed by atoms with E-state index in [-0.39, 0.29) is 23.8 Å². The van der Waals surface area contributed by atoms with Gasteiger partial charge in [0.25, 0.3) is 5.91 Å².